The van der Waals surface area contributed by atoms with Crippen molar-refractivity contribution in [2.75, 3.05) is 36.4 Å². The van der Waals surface area contributed by atoms with Crippen LogP contribution in [0.15, 0.2) is 71.8 Å². The van der Waals surface area contributed by atoms with E-state index in [1.165, 1.54) is 12.8 Å². The zero-order valence-electron chi connectivity index (χ0n) is 16.7. The lowest BCUT2D eigenvalue weighted by molar-refractivity contribution is 0.583. The van der Waals surface area contributed by atoms with Crippen molar-refractivity contribution in [2.24, 2.45) is 0 Å². The molecule has 0 radical (unpaired) electrons. The monoisotopic (exact) mass is 423 g/mol. The molecule has 156 valence electrons. The Hall–Kier alpha value is -2.97. The highest BCUT2D eigenvalue weighted by Gasteiger charge is 2.15. The van der Waals surface area contributed by atoms with E-state index in [0.717, 1.165) is 29.9 Å². The van der Waals surface area contributed by atoms with Crippen LogP contribution in [0, 0.1) is 0 Å². The molecular formula is C22H25N5O2S. The first-order valence-corrected chi connectivity index (χ1v) is 11.6. The molecular weight excluding hydrogens is 398 g/mol. The molecule has 1 aliphatic rings. The van der Waals surface area contributed by atoms with Crippen LogP contribution in [0.1, 0.15) is 12.8 Å². The Morgan fingerprint density at radius 3 is 2.33 bits per heavy atom. The highest BCUT2D eigenvalue weighted by Crippen LogP contribution is 2.22. The second kappa shape index (κ2) is 9.23. The number of nitrogens with one attached hydrogen (secondary N) is 2. The number of sulfonamides is 1. The van der Waals surface area contributed by atoms with Crippen LogP contribution in [0.3, 0.4) is 0 Å². The number of hydrogen-bond acceptors (Lipinski definition) is 6. The molecule has 4 rings (SSSR count). The largest absolute Gasteiger partial charge is 0.370 e. The summed E-state index contributed by atoms with van der Waals surface area (Å²) in [6.07, 6.45) is 4.15. The van der Waals surface area contributed by atoms with E-state index in [4.69, 9.17) is 0 Å². The Kier molecular flexibility index (Phi) is 6.25. The van der Waals surface area contributed by atoms with Gasteiger partial charge in [-0.1, -0.05) is 42.5 Å². The molecule has 0 bridgehead atoms. The number of hydrogen-bond donors (Lipinski definition) is 2. The van der Waals surface area contributed by atoms with E-state index in [1.54, 1.807) is 18.3 Å². The van der Waals surface area contributed by atoms with Crippen LogP contribution < -0.4 is 14.9 Å². The molecule has 0 unspecified atom stereocenters. The van der Waals surface area contributed by atoms with Gasteiger partial charge in [0.25, 0.3) is 0 Å². The summed E-state index contributed by atoms with van der Waals surface area (Å²) >= 11 is 0. The van der Waals surface area contributed by atoms with Crippen molar-refractivity contribution in [3.8, 4) is 11.1 Å². The fraction of sp³-hybridized carbons (Fsp3) is 0.273. The van der Waals surface area contributed by atoms with Crippen LogP contribution in [0.2, 0.25) is 0 Å². The Balaban J connectivity index is 1.31. The third kappa shape index (κ3) is 4.95. The van der Waals surface area contributed by atoms with Crippen LogP contribution in [-0.4, -0.2) is 44.8 Å². The maximum atomic E-state index is 12.5. The van der Waals surface area contributed by atoms with Gasteiger partial charge in [0.15, 0.2) is 5.82 Å². The lowest BCUT2D eigenvalue weighted by Crippen LogP contribution is -2.29. The first kappa shape index (κ1) is 20.3. The van der Waals surface area contributed by atoms with Crippen molar-refractivity contribution in [3.05, 3.63) is 66.9 Å². The van der Waals surface area contributed by atoms with Gasteiger partial charge >= 0.3 is 0 Å². The SMILES string of the molecule is O=S(=O)(NCCNc1cc(N2CCCC2)cnn1)c1ccc(-c2ccccc2)cc1. The van der Waals surface area contributed by atoms with E-state index in [0.29, 0.717) is 12.4 Å². The van der Waals surface area contributed by atoms with Crippen LogP contribution in [0.25, 0.3) is 11.1 Å². The van der Waals surface area contributed by atoms with Gasteiger partial charge < -0.3 is 10.2 Å². The summed E-state index contributed by atoms with van der Waals surface area (Å²) in [6, 6.07) is 18.7. The molecule has 7 nitrogen and oxygen atoms in total. The summed E-state index contributed by atoms with van der Waals surface area (Å²) < 4.78 is 27.7. The minimum atomic E-state index is -3.57. The zero-order valence-corrected chi connectivity index (χ0v) is 17.5. The van der Waals surface area contributed by atoms with Crippen LogP contribution in [-0.2, 0) is 10.0 Å². The maximum Gasteiger partial charge on any atom is 0.240 e. The molecule has 1 saturated heterocycles. The Morgan fingerprint density at radius 2 is 1.60 bits per heavy atom. The lowest BCUT2D eigenvalue weighted by Gasteiger charge is -2.17. The number of rotatable bonds is 8. The molecule has 0 atom stereocenters. The molecule has 1 aliphatic heterocycles. The van der Waals surface area contributed by atoms with Crippen molar-refractivity contribution in [1.82, 2.24) is 14.9 Å². The molecule has 0 spiro atoms. The Morgan fingerprint density at radius 1 is 0.900 bits per heavy atom. The fourth-order valence-electron chi connectivity index (χ4n) is 3.51. The van der Waals surface area contributed by atoms with Gasteiger partial charge in [0.1, 0.15) is 0 Å². The van der Waals surface area contributed by atoms with Gasteiger partial charge in [0, 0.05) is 32.2 Å². The number of nitrogens with zero attached hydrogens (tertiary/aromatic N) is 3. The van der Waals surface area contributed by atoms with Crippen molar-refractivity contribution in [2.45, 2.75) is 17.7 Å². The average molecular weight is 424 g/mol. The van der Waals surface area contributed by atoms with Gasteiger partial charge in [-0.3, -0.25) is 0 Å². The molecule has 3 aromatic rings. The van der Waals surface area contributed by atoms with Gasteiger partial charge in [0.05, 0.1) is 16.8 Å². The highest BCUT2D eigenvalue weighted by atomic mass is 32.2. The minimum absolute atomic E-state index is 0.248. The number of anilines is 2. The van der Waals surface area contributed by atoms with Crippen LogP contribution in [0.5, 0.6) is 0 Å². The van der Waals surface area contributed by atoms with E-state index in [2.05, 4.69) is 25.1 Å². The molecule has 0 saturated carbocycles. The first-order valence-electron chi connectivity index (χ1n) is 10.1. The van der Waals surface area contributed by atoms with Gasteiger partial charge in [-0.15, -0.1) is 5.10 Å². The topological polar surface area (TPSA) is 87.2 Å². The van der Waals surface area contributed by atoms with Gasteiger partial charge in [-0.05, 0) is 36.1 Å². The normalized spacial score (nSPS) is 14.1. The second-order valence-corrected chi connectivity index (χ2v) is 8.98. The maximum absolute atomic E-state index is 12.5. The van der Waals surface area contributed by atoms with Gasteiger partial charge in [-0.25, -0.2) is 13.1 Å². The summed E-state index contributed by atoms with van der Waals surface area (Å²) in [5.41, 5.74) is 3.08. The molecule has 1 aromatic heterocycles. The smallest absolute Gasteiger partial charge is 0.240 e. The van der Waals surface area contributed by atoms with Crippen LogP contribution >= 0.6 is 0 Å². The van der Waals surface area contributed by atoms with Gasteiger partial charge in [-0.2, -0.15) is 5.10 Å². The van der Waals surface area contributed by atoms with Crippen LogP contribution in [0.4, 0.5) is 11.5 Å². The van der Waals surface area contributed by atoms with Crippen molar-refractivity contribution >= 4 is 21.5 Å². The van der Waals surface area contributed by atoms with E-state index < -0.39 is 10.0 Å². The Bertz CT molecular complexity index is 1070. The molecule has 2 N–H and O–H groups in total. The molecule has 0 amide bonds. The van der Waals surface area contributed by atoms with Gasteiger partial charge in [0.2, 0.25) is 10.0 Å². The second-order valence-electron chi connectivity index (χ2n) is 7.21. The predicted molar refractivity (Wildman–Crippen MR) is 119 cm³/mol. The third-order valence-corrected chi connectivity index (χ3v) is 6.58. The predicted octanol–water partition coefficient (Wildman–Crippen LogP) is 3.13. The van der Waals surface area contributed by atoms with E-state index in [-0.39, 0.29) is 11.4 Å². The van der Waals surface area contributed by atoms with E-state index >= 15 is 0 Å². The number of benzene rings is 2. The van der Waals surface area contributed by atoms with E-state index in [9.17, 15) is 8.42 Å². The lowest BCUT2D eigenvalue weighted by atomic mass is 10.1. The van der Waals surface area contributed by atoms with E-state index in [1.807, 2.05) is 48.5 Å². The first-order chi connectivity index (χ1) is 14.6. The third-order valence-electron chi connectivity index (χ3n) is 5.11. The average Bonchev–Trinajstić information content (AvgIpc) is 3.33. The minimum Gasteiger partial charge on any atom is -0.370 e. The van der Waals surface area contributed by atoms with Crippen molar-refractivity contribution in [1.29, 1.82) is 0 Å². The summed E-state index contributed by atoms with van der Waals surface area (Å²) in [6.45, 7) is 2.74. The molecule has 2 aromatic carbocycles. The molecule has 2 heterocycles. The summed E-state index contributed by atoms with van der Waals surface area (Å²) in [7, 11) is -3.57. The summed E-state index contributed by atoms with van der Waals surface area (Å²) in [4.78, 5) is 2.53. The number of aromatic nitrogens is 2. The molecule has 8 heteroatoms. The van der Waals surface area contributed by atoms with Crippen molar-refractivity contribution < 1.29 is 8.42 Å². The standard InChI is InChI=1S/C22H25N5O2S/c28-30(29,21-10-8-19(9-11-21)18-6-2-1-3-7-18)25-13-12-23-22-16-20(17-24-26-22)27-14-4-5-15-27/h1-3,6-11,16-17,25H,4-5,12-15H2,(H,23,26). The summed E-state index contributed by atoms with van der Waals surface area (Å²) in [5, 5.41) is 11.3. The zero-order chi connectivity index (χ0) is 20.8. The molecule has 0 aliphatic carbocycles. The quantitative estimate of drug-likeness (QED) is 0.541. The summed E-state index contributed by atoms with van der Waals surface area (Å²) in [5.74, 6) is 0.644. The molecule has 30 heavy (non-hydrogen) atoms. The van der Waals surface area contributed by atoms with Crippen molar-refractivity contribution in [3.63, 3.8) is 0 Å². The molecule has 1 fully saturated rings. The Labute approximate surface area is 177 Å². The fourth-order valence-corrected chi connectivity index (χ4v) is 4.54. The highest BCUT2D eigenvalue weighted by molar-refractivity contribution is 7.89.